The quantitative estimate of drug-likeness (QED) is 0.799. The van der Waals surface area contributed by atoms with E-state index >= 15 is 0 Å². The molecule has 2 amide bonds. The number of Topliss-reactive ketones (excluding diaryl/α,β-unsaturated/α-hetero) is 1. The molecule has 1 saturated carbocycles. The first-order valence-electron chi connectivity index (χ1n) is 9.05. The summed E-state index contributed by atoms with van der Waals surface area (Å²) in [6.07, 6.45) is 8.33. The molecule has 5 heteroatoms. The van der Waals surface area contributed by atoms with Gasteiger partial charge in [-0.3, -0.25) is 14.4 Å². The lowest BCUT2D eigenvalue weighted by atomic mass is 9.73. The van der Waals surface area contributed by atoms with Crippen LogP contribution in [0.4, 0.5) is 0 Å². The van der Waals surface area contributed by atoms with Gasteiger partial charge in [0, 0.05) is 32.0 Å². The molecule has 5 nitrogen and oxygen atoms in total. The highest BCUT2D eigenvalue weighted by atomic mass is 16.2. The minimum absolute atomic E-state index is 0.0113. The van der Waals surface area contributed by atoms with E-state index in [4.69, 9.17) is 0 Å². The number of hydrogen-bond acceptors (Lipinski definition) is 3. The van der Waals surface area contributed by atoms with Crippen LogP contribution in [0.15, 0.2) is 0 Å². The third-order valence-corrected chi connectivity index (χ3v) is 5.99. The number of hydrogen-bond donors (Lipinski definition) is 0. The fraction of sp³-hybridized carbons (Fsp3) is 0.833. The highest BCUT2D eigenvalue weighted by molar-refractivity contribution is 5.87. The predicted octanol–water partition coefficient (Wildman–Crippen LogP) is 2.00. The van der Waals surface area contributed by atoms with E-state index in [0.717, 1.165) is 38.8 Å². The normalized spacial score (nSPS) is 27.5. The molecule has 1 spiro atoms. The van der Waals surface area contributed by atoms with Gasteiger partial charge in [0.1, 0.15) is 5.78 Å². The van der Waals surface area contributed by atoms with Crippen molar-refractivity contribution in [2.24, 2.45) is 11.3 Å². The highest BCUT2D eigenvalue weighted by Crippen LogP contribution is 2.44. The maximum atomic E-state index is 12.6. The Morgan fingerprint density at radius 2 is 1.91 bits per heavy atom. The molecule has 0 aromatic rings. The van der Waals surface area contributed by atoms with Gasteiger partial charge in [0.25, 0.3) is 0 Å². The second-order valence-corrected chi connectivity index (χ2v) is 7.78. The molecule has 2 heterocycles. The zero-order valence-electron chi connectivity index (χ0n) is 14.2. The molecule has 3 aliphatic rings. The molecule has 0 N–H and O–H groups in total. The molecule has 1 unspecified atom stereocenters. The number of rotatable bonds is 3. The largest absolute Gasteiger partial charge is 0.340 e. The molecule has 0 bridgehead atoms. The van der Waals surface area contributed by atoms with Crippen molar-refractivity contribution in [2.45, 2.75) is 58.3 Å². The SMILES string of the molecule is CC(=O)C1CCCN(C(=O)CN2CC3(CCCCC3)CC2=O)C1. The number of carbonyl (C=O) groups excluding carboxylic acids is 3. The monoisotopic (exact) mass is 320 g/mol. The molecule has 128 valence electrons. The molecule has 0 aromatic heterocycles. The molecule has 0 aromatic carbocycles. The van der Waals surface area contributed by atoms with Crippen molar-refractivity contribution in [2.75, 3.05) is 26.2 Å². The molecule has 23 heavy (non-hydrogen) atoms. The lowest BCUT2D eigenvalue weighted by Crippen LogP contribution is -2.46. The summed E-state index contributed by atoms with van der Waals surface area (Å²) in [5.74, 6) is 0.296. The molecular weight excluding hydrogens is 292 g/mol. The highest BCUT2D eigenvalue weighted by Gasteiger charge is 2.44. The maximum absolute atomic E-state index is 12.6. The van der Waals surface area contributed by atoms with Gasteiger partial charge in [0.05, 0.1) is 6.54 Å². The van der Waals surface area contributed by atoms with E-state index in [1.807, 2.05) is 0 Å². The molecular formula is C18H28N2O3. The Hall–Kier alpha value is -1.39. The third kappa shape index (κ3) is 3.59. The second kappa shape index (κ2) is 6.62. The summed E-state index contributed by atoms with van der Waals surface area (Å²) < 4.78 is 0. The fourth-order valence-corrected chi connectivity index (χ4v) is 4.56. The molecule has 3 rings (SSSR count). The van der Waals surface area contributed by atoms with Crippen LogP contribution in [0.25, 0.3) is 0 Å². The van der Waals surface area contributed by atoms with Crippen LogP contribution >= 0.6 is 0 Å². The van der Waals surface area contributed by atoms with Crippen LogP contribution in [0.5, 0.6) is 0 Å². The molecule has 1 aliphatic carbocycles. The molecule has 3 fully saturated rings. The Kier molecular flexibility index (Phi) is 4.74. The topological polar surface area (TPSA) is 57.7 Å². The predicted molar refractivity (Wildman–Crippen MR) is 86.7 cm³/mol. The van der Waals surface area contributed by atoms with E-state index in [0.29, 0.717) is 13.0 Å². The van der Waals surface area contributed by atoms with Crippen molar-refractivity contribution in [1.82, 2.24) is 9.80 Å². The van der Waals surface area contributed by atoms with Crippen LogP contribution in [0, 0.1) is 11.3 Å². The van der Waals surface area contributed by atoms with E-state index in [1.54, 1.807) is 16.7 Å². The Morgan fingerprint density at radius 3 is 2.61 bits per heavy atom. The number of ketones is 1. The van der Waals surface area contributed by atoms with E-state index < -0.39 is 0 Å². The van der Waals surface area contributed by atoms with E-state index in [1.165, 1.54) is 19.3 Å². The third-order valence-electron chi connectivity index (χ3n) is 5.99. The van der Waals surface area contributed by atoms with Crippen molar-refractivity contribution >= 4 is 17.6 Å². The zero-order valence-corrected chi connectivity index (χ0v) is 14.2. The summed E-state index contributed by atoms with van der Waals surface area (Å²) in [6.45, 7) is 3.80. The Balaban J connectivity index is 1.57. The fourth-order valence-electron chi connectivity index (χ4n) is 4.56. The lowest BCUT2D eigenvalue weighted by Gasteiger charge is -2.34. The Labute approximate surface area is 138 Å². The average Bonchev–Trinajstić information content (AvgIpc) is 2.83. The first kappa shape index (κ1) is 16.5. The van der Waals surface area contributed by atoms with Gasteiger partial charge in [-0.15, -0.1) is 0 Å². The van der Waals surface area contributed by atoms with Crippen molar-refractivity contribution in [1.29, 1.82) is 0 Å². The molecule has 1 atom stereocenters. The number of carbonyl (C=O) groups is 3. The van der Waals surface area contributed by atoms with Crippen molar-refractivity contribution < 1.29 is 14.4 Å². The summed E-state index contributed by atoms with van der Waals surface area (Å²) in [4.78, 5) is 40.0. The van der Waals surface area contributed by atoms with Gasteiger partial charge in [-0.2, -0.15) is 0 Å². The smallest absolute Gasteiger partial charge is 0.242 e. The van der Waals surface area contributed by atoms with Crippen LogP contribution in [0.3, 0.4) is 0 Å². The van der Waals surface area contributed by atoms with Crippen LogP contribution < -0.4 is 0 Å². The first-order valence-corrected chi connectivity index (χ1v) is 9.05. The number of amides is 2. The standard InChI is InChI=1S/C18H28N2O3/c1-14(21)15-6-5-9-19(11-15)17(23)12-20-13-18(10-16(20)22)7-3-2-4-8-18/h15H,2-13H2,1H3. The van der Waals surface area contributed by atoms with Crippen molar-refractivity contribution in [3.8, 4) is 0 Å². The van der Waals surface area contributed by atoms with Gasteiger partial charge in [-0.1, -0.05) is 19.3 Å². The van der Waals surface area contributed by atoms with Gasteiger partial charge in [-0.05, 0) is 38.0 Å². The average molecular weight is 320 g/mol. The number of nitrogens with zero attached hydrogens (tertiary/aromatic N) is 2. The summed E-state index contributed by atoms with van der Waals surface area (Å²) >= 11 is 0. The van der Waals surface area contributed by atoms with Crippen LogP contribution in [0.2, 0.25) is 0 Å². The molecule has 0 radical (unpaired) electrons. The number of piperidine rings is 1. The number of likely N-dealkylation sites (tertiary alicyclic amines) is 2. The van der Waals surface area contributed by atoms with Crippen LogP contribution in [-0.2, 0) is 14.4 Å². The minimum atomic E-state index is -0.0216. The van der Waals surface area contributed by atoms with Crippen LogP contribution in [-0.4, -0.2) is 53.6 Å². The zero-order chi connectivity index (χ0) is 16.4. The van der Waals surface area contributed by atoms with E-state index in [2.05, 4.69) is 0 Å². The van der Waals surface area contributed by atoms with E-state index in [-0.39, 0.29) is 35.5 Å². The summed E-state index contributed by atoms with van der Waals surface area (Å²) in [7, 11) is 0. The summed E-state index contributed by atoms with van der Waals surface area (Å²) in [5, 5.41) is 0. The maximum Gasteiger partial charge on any atom is 0.242 e. The van der Waals surface area contributed by atoms with Crippen LogP contribution in [0.1, 0.15) is 58.3 Å². The summed E-state index contributed by atoms with van der Waals surface area (Å²) in [6, 6.07) is 0. The lowest BCUT2D eigenvalue weighted by molar-refractivity contribution is -0.140. The Bertz CT molecular complexity index is 496. The summed E-state index contributed by atoms with van der Waals surface area (Å²) in [5.41, 5.74) is 0.138. The van der Waals surface area contributed by atoms with Gasteiger partial charge >= 0.3 is 0 Å². The van der Waals surface area contributed by atoms with Gasteiger partial charge in [-0.25, -0.2) is 0 Å². The van der Waals surface area contributed by atoms with Crippen molar-refractivity contribution in [3.63, 3.8) is 0 Å². The molecule has 2 saturated heterocycles. The van der Waals surface area contributed by atoms with Crippen molar-refractivity contribution in [3.05, 3.63) is 0 Å². The molecule has 2 aliphatic heterocycles. The minimum Gasteiger partial charge on any atom is -0.340 e. The van der Waals surface area contributed by atoms with Gasteiger partial charge in [0.2, 0.25) is 11.8 Å². The first-order chi connectivity index (χ1) is 11.0. The van der Waals surface area contributed by atoms with E-state index in [9.17, 15) is 14.4 Å². The van der Waals surface area contributed by atoms with Gasteiger partial charge < -0.3 is 9.80 Å². The van der Waals surface area contributed by atoms with Gasteiger partial charge in [0.15, 0.2) is 0 Å². The second-order valence-electron chi connectivity index (χ2n) is 7.78. The Morgan fingerprint density at radius 1 is 1.17 bits per heavy atom.